The van der Waals surface area contributed by atoms with Gasteiger partial charge in [-0.3, -0.25) is 4.79 Å². The smallest absolute Gasteiger partial charge is 0.295 e. The normalized spacial score (nSPS) is 23.8. The van der Waals surface area contributed by atoms with Crippen molar-refractivity contribution in [3.8, 4) is 17.4 Å². The molecule has 3 atom stereocenters. The molecule has 1 aliphatic heterocycles. The average molecular weight is 499 g/mol. The van der Waals surface area contributed by atoms with Crippen molar-refractivity contribution < 1.29 is 9.21 Å². The number of nitrogens with two attached hydrogens (primary N) is 1. The molecule has 3 N–H and O–H groups in total. The van der Waals surface area contributed by atoms with Crippen molar-refractivity contribution in [1.29, 1.82) is 5.26 Å². The highest BCUT2D eigenvalue weighted by Gasteiger charge is 2.37. The maximum absolute atomic E-state index is 11.6. The highest BCUT2D eigenvalue weighted by Crippen LogP contribution is 2.42. The predicted molar refractivity (Wildman–Crippen MR) is 143 cm³/mol. The number of carbonyl (C=O) groups excluding carboxylic acids is 1. The number of hydrogen-bond acceptors (Lipinski definition) is 7. The van der Waals surface area contributed by atoms with E-state index in [2.05, 4.69) is 33.2 Å². The summed E-state index contributed by atoms with van der Waals surface area (Å²) in [6.07, 6.45) is 11.8. The lowest BCUT2D eigenvalue weighted by Crippen LogP contribution is -2.45. The van der Waals surface area contributed by atoms with Crippen LogP contribution in [-0.4, -0.2) is 35.0 Å². The van der Waals surface area contributed by atoms with E-state index >= 15 is 0 Å². The fraction of sp³-hybridized carbons (Fsp3) is 0.448. The van der Waals surface area contributed by atoms with Gasteiger partial charge in [-0.15, -0.1) is 0 Å². The van der Waals surface area contributed by atoms with Crippen molar-refractivity contribution >= 4 is 17.6 Å². The van der Waals surface area contributed by atoms with Gasteiger partial charge in [0.2, 0.25) is 5.91 Å². The number of piperidine rings is 1. The first-order valence-corrected chi connectivity index (χ1v) is 13.2. The SMILES string of the molecule is C[C@]1(C[C@@H]2CCCC[C@H]2Nc2ncc(-c3cccc(C(N)=O)c3)o2)CCCN(c2ccc(C#N)nc2)C1. The molecule has 5 rings (SSSR count). The van der Waals surface area contributed by atoms with Crippen LogP contribution in [-0.2, 0) is 0 Å². The highest BCUT2D eigenvalue weighted by molar-refractivity contribution is 5.93. The molecular formula is C29H34N6O2. The lowest BCUT2D eigenvalue weighted by molar-refractivity contribution is 0.100. The summed E-state index contributed by atoms with van der Waals surface area (Å²) in [5.41, 5.74) is 8.41. The van der Waals surface area contributed by atoms with Crippen LogP contribution in [0.25, 0.3) is 11.3 Å². The van der Waals surface area contributed by atoms with Gasteiger partial charge < -0.3 is 20.4 Å². The maximum atomic E-state index is 11.6. The van der Waals surface area contributed by atoms with Gasteiger partial charge in [0.05, 0.1) is 18.1 Å². The Morgan fingerprint density at radius 3 is 2.86 bits per heavy atom. The third-order valence-corrected chi connectivity index (χ3v) is 7.92. The van der Waals surface area contributed by atoms with Crippen molar-refractivity contribution in [3.05, 3.63) is 60.0 Å². The highest BCUT2D eigenvalue weighted by atomic mass is 16.4. The minimum absolute atomic E-state index is 0.199. The molecule has 0 unspecified atom stereocenters. The molecule has 8 nitrogen and oxygen atoms in total. The van der Waals surface area contributed by atoms with Crippen LogP contribution in [0.5, 0.6) is 0 Å². The number of aromatic nitrogens is 2. The molecule has 2 aromatic heterocycles. The van der Waals surface area contributed by atoms with E-state index < -0.39 is 5.91 Å². The van der Waals surface area contributed by atoms with Gasteiger partial charge in [-0.2, -0.15) is 5.26 Å². The molecule has 2 aliphatic rings. The van der Waals surface area contributed by atoms with Crippen LogP contribution >= 0.6 is 0 Å². The molecule has 1 amide bonds. The molecule has 1 saturated heterocycles. The first-order valence-electron chi connectivity index (χ1n) is 13.2. The number of oxazole rings is 1. The number of primary amides is 1. The van der Waals surface area contributed by atoms with Gasteiger partial charge in [-0.05, 0) is 67.7 Å². The Balaban J connectivity index is 1.26. The summed E-state index contributed by atoms with van der Waals surface area (Å²) in [6.45, 7) is 4.42. The van der Waals surface area contributed by atoms with E-state index in [4.69, 9.17) is 15.4 Å². The lowest BCUT2D eigenvalue weighted by atomic mass is 9.70. The number of nitrogens with one attached hydrogen (secondary N) is 1. The summed E-state index contributed by atoms with van der Waals surface area (Å²) >= 11 is 0. The van der Waals surface area contributed by atoms with Crippen molar-refractivity contribution in [3.63, 3.8) is 0 Å². The Kier molecular flexibility index (Phi) is 7.13. The second kappa shape index (κ2) is 10.6. The summed E-state index contributed by atoms with van der Waals surface area (Å²) in [4.78, 5) is 22.7. The largest absolute Gasteiger partial charge is 0.424 e. The van der Waals surface area contributed by atoms with Crippen molar-refractivity contribution in [2.45, 2.75) is 57.9 Å². The number of pyridine rings is 1. The van der Waals surface area contributed by atoms with Crippen LogP contribution in [0.1, 0.15) is 67.9 Å². The van der Waals surface area contributed by atoms with Crippen molar-refractivity contribution in [1.82, 2.24) is 9.97 Å². The van der Waals surface area contributed by atoms with Crippen LogP contribution < -0.4 is 16.0 Å². The number of nitriles is 1. The summed E-state index contributed by atoms with van der Waals surface area (Å²) < 4.78 is 6.05. The molecule has 1 aromatic carbocycles. The number of hydrogen-bond donors (Lipinski definition) is 2. The molecule has 1 aliphatic carbocycles. The van der Waals surface area contributed by atoms with Crippen LogP contribution in [0.4, 0.5) is 11.7 Å². The number of rotatable bonds is 7. The standard InChI is InChI=1S/C29H34N6O2/c1-29(12-5-13-35(19-29)24-11-10-23(16-30)32-17-24)15-22-6-2-3-9-25(22)34-28-33-18-26(37-28)20-7-4-8-21(14-20)27(31)36/h4,7-8,10-11,14,17-18,22,25H,2-3,5-6,9,12-13,15,19H2,1H3,(H2,31,36)(H,33,34)/t22-,25+,29+/m0/s1. The van der Waals surface area contributed by atoms with Gasteiger partial charge in [0.1, 0.15) is 11.8 Å². The minimum atomic E-state index is -0.463. The molecule has 3 heterocycles. The van der Waals surface area contributed by atoms with Crippen LogP contribution in [0.3, 0.4) is 0 Å². The van der Waals surface area contributed by atoms with Crippen molar-refractivity contribution in [2.75, 3.05) is 23.3 Å². The van der Waals surface area contributed by atoms with Crippen LogP contribution in [0, 0.1) is 22.7 Å². The summed E-state index contributed by atoms with van der Waals surface area (Å²) in [5, 5.41) is 12.7. The van der Waals surface area contributed by atoms with E-state index in [9.17, 15) is 4.79 Å². The molecule has 8 heteroatoms. The Bertz CT molecular complexity index is 1280. The second-order valence-electron chi connectivity index (χ2n) is 10.8. The Hall–Kier alpha value is -3.86. The quantitative estimate of drug-likeness (QED) is 0.449. The molecule has 0 bridgehead atoms. The van der Waals surface area contributed by atoms with E-state index in [1.54, 1.807) is 30.5 Å². The Labute approximate surface area is 217 Å². The molecular weight excluding hydrogens is 464 g/mol. The maximum Gasteiger partial charge on any atom is 0.295 e. The van der Waals surface area contributed by atoms with Crippen LogP contribution in [0.15, 0.2) is 53.2 Å². The number of anilines is 2. The third kappa shape index (κ3) is 5.77. The molecule has 192 valence electrons. The van der Waals surface area contributed by atoms with Crippen molar-refractivity contribution in [2.24, 2.45) is 17.1 Å². The first-order chi connectivity index (χ1) is 17.9. The number of amides is 1. The number of carbonyl (C=O) groups is 1. The van der Waals surface area contributed by atoms with Gasteiger partial charge in [-0.25, -0.2) is 9.97 Å². The molecule has 0 spiro atoms. The van der Waals surface area contributed by atoms with E-state index in [0.717, 1.165) is 43.6 Å². The molecule has 37 heavy (non-hydrogen) atoms. The molecule has 3 aromatic rings. The fourth-order valence-electron chi connectivity index (χ4n) is 6.08. The van der Waals surface area contributed by atoms with E-state index in [1.165, 1.54) is 25.7 Å². The van der Waals surface area contributed by atoms with Gasteiger partial charge in [-0.1, -0.05) is 31.9 Å². The van der Waals surface area contributed by atoms with E-state index in [0.29, 0.717) is 35.0 Å². The zero-order chi connectivity index (χ0) is 25.8. The summed E-state index contributed by atoms with van der Waals surface area (Å²) in [5.74, 6) is 0.685. The van der Waals surface area contributed by atoms with Gasteiger partial charge >= 0.3 is 0 Å². The number of nitrogens with zero attached hydrogens (tertiary/aromatic N) is 4. The average Bonchev–Trinajstić information content (AvgIpc) is 3.38. The minimum Gasteiger partial charge on any atom is -0.424 e. The van der Waals surface area contributed by atoms with Gasteiger partial charge in [0.25, 0.3) is 6.01 Å². The third-order valence-electron chi connectivity index (χ3n) is 7.92. The number of benzene rings is 1. The Morgan fingerprint density at radius 1 is 1.22 bits per heavy atom. The molecule has 1 saturated carbocycles. The zero-order valence-electron chi connectivity index (χ0n) is 21.3. The fourth-order valence-corrected chi connectivity index (χ4v) is 6.08. The van der Waals surface area contributed by atoms with Gasteiger partial charge in [0, 0.05) is 30.3 Å². The van der Waals surface area contributed by atoms with E-state index in [1.807, 2.05) is 18.3 Å². The van der Waals surface area contributed by atoms with Gasteiger partial charge in [0.15, 0.2) is 5.76 Å². The lowest BCUT2D eigenvalue weighted by Gasteiger charge is -2.45. The monoisotopic (exact) mass is 498 g/mol. The topological polar surface area (TPSA) is 121 Å². The summed E-state index contributed by atoms with van der Waals surface area (Å²) in [7, 11) is 0. The summed E-state index contributed by atoms with van der Waals surface area (Å²) in [6, 6.07) is 13.9. The molecule has 2 fully saturated rings. The zero-order valence-corrected chi connectivity index (χ0v) is 21.3. The predicted octanol–water partition coefficient (Wildman–Crippen LogP) is 5.37. The second-order valence-corrected chi connectivity index (χ2v) is 10.8. The van der Waals surface area contributed by atoms with Crippen LogP contribution in [0.2, 0.25) is 0 Å². The van der Waals surface area contributed by atoms with E-state index in [-0.39, 0.29) is 5.41 Å². The Morgan fingerprint density at radius 2 is 2.08 bits per heavy atom. The first kappa shape index (κ1) is 24.8. The molecule has 0 radical (unpaired) electrons.